The molecule has 0 unspecified atom stereocenters. The third-order valence-electron chi connectivity index (χ3n) is 4.34. The van der Waals surface area contributed by atoms with Gasteiger partial charge in [0.15, 0.2) is 11.6 Å². The molecule has 0 fully saturated rings. The Morgan fingerprint density at radius 3 is 2.48 bits per heavy atom. The van der Waals surface area contributed by atoms with Gasteiger partial charge in [-0.2, -0.15) is 0 Å². The largest absolute Gasteiger partial charge is 0.393 e. The number of nitrogens with zero attached hydrogens (tertiary/aromatic N) is 2. The van der Waals surface area contributed by atoms with Crippen LogP contribution in [-0.4, -0.2) is 15.9 Å². The van der Waals surface area contributed by atoms with Gasteiger partial charge < -0.3 is 11.1 Å². The van der Waals surface area contributed by atoms with E-state index in [1.165, 1.54) is 6.33 Å². The molecule has 5 N–H and O–H groups in total. The maximum Gasteiger partial charge on any atom is 0.270 e. The third-order valence-corrected chi connectivity index (χ3v) is 4.67. The van der Waals surface area contributed by atoms with Gasteiger partial charge in [0.1, 0.15) is 12.0 Å². The summed E-state index contributed by atoms with van der Waals surface area (Å²) in [6.45, 7) is 0. The number of halogens is 1. The van der Waals surface area contributed by atoms with Crippen LogP contribution in [0.2, 0.25) is 5.02 Å². The summed E-state index contributed by atoms with van der Waals surface area (Å²) in [5.41, 5.74) is 13.0. The van der Waals surface area contributed by atoms with Crippen molar-refractivity contribution in [1.82, 2.24) is 15.4 Å². The number of hydrazine groups is 1. The number of amides is 1. The molecular weight excluding hydrogens is 388 g/mol. The number of rotatable bonds is 5. The van der Waals surface area contributed by atoms with Gasteiger partial charge in [0, 0.05) is 5.56 Å². The molecule has 0 spiro atoms. The van der Waals surface area contributed by atoms with Gasteiger partial charge in [0.05, 0.1) is 10.7 Å². The lowest BCUT2D eigenvalue weighted by Crippen LogP contribution is -2.30. The van der Waals surface area contributed by atoms with Crippen LogP contribution in [0.1, 0.15) is 10.4 Å². The first-order valence-electron chi connectivity index (χ1n) is 8.79. The van der Waals surface area contributed by atoms with Gasteiger partial charge in [0.2, 0.25) is 0 Å². The average molecular weight is 405 g/mol. The standard InChI is InChI=1S/C21H17ClN6O/c22-16-10-3-4-11-17(16)26-19-18(23)20(25-12-24-19)27-28-21(29)15-9-5-7-13-6-1-2-8-14(13)15/h1-12H,23H2,(H,28,29)(H2,24,25,26,27). The highest BCUT2D eigenvalue weighted by atomic mass is 35.5. The summed E-state index contributed by atoms with van der Waals surface area (Å²) in [6.07, 6.45) is 1.34. The van der Waals surface area contributed by atoms with Gasteiger partial charge in [-0.1, -0.05) is 60.1 Å². The first-order chi connectivity index (χ1) is 14.1. The summed E-state index contributed by atoms with van der Waals surface area (Å²) in [7, 11) is 0. The number of carbonyl (C=O) groups is 1. The van der Waals surface area contributed by atoms with Crippen molar-refractivity contribution in [3.63, 3.8) is 0 Å². The molecule has 0 aliphatic carbocycles. The molecule has 4 rings (SSSR count). The van der Waals surface area contributed by atoms with Crippen molar-refractivity contribution in [1.29, 1.82) is 0 Å². The predicted octanol–water partition coefficient (Wildman–Crippen LogP) is 4.37. The van der Waals surface area contributed by atoms with Crippen molar-refractivity contribution >= 4 is 51.3 Å². The molecule has 0 aliphatic rings. The lowest BCUT2D eigenvalue weighted by molar-refractivity contribution is 0.0964. The number of nitrogens with two attached hydrogens (primary N) is 1. The number of fused-ring (bicyclic) bond motifs is 1. The van der Waals surface area contributed by atoms with Gasteiger partial charge >= 0.3 is 0 Å². The van der Waals surface area contributed by atoms with E-state index in [9.17, 15) is 4.79 Å². The fourth-order valence-electron chi connectivity index (χ4n) is 2.89. The highest BCUT2D eigenvalue weighted by Crippen LogP contribution is 2.29. The molecule has 8 heteroatoms. The summed E-state index contributed by atoms with van der Waals surface area (Å²) < 4.78 is 0. The van der Waals surface area contributed by atoms with E-state index in [1.807, 2.05) is 48.5 Å². The van der Waals surface area contributed by atoms with Crippen LogP contribution in [0.15, 0.2) is 73.1 Å². The molecule has 0 aliphatic heterocycles. The van der Waals surface area contributed by atoms with Gasteiger partial charge in [-0.3, -0.25) is 15.6 Å². The van der Waals surface area contributed by atoms with E-state index in [0.29, 0.717) is 22.1 Å². The van der Waals surface area contributed by atoms with E-state index in [2.05, 4.69) is 26.1 Å². The molecule has 1 heterocycles. The second kappa shape index (κ2) is 8.04. The fraction of sp³-hybridized carbons (Fsp3) is 0. The number of para-hydroxylation sites is 1. The number of benzene rings is 3. The average Bonchev–Trinajstić information content (AvgIpc) is 2.75. The van der Waals surface area contributed by atoms with Crippen molar-refractivity contribution in [2.24, 2.45) is 0 Å². The molecule has 4 aromatic rings. The zero-order valence-corrected chi connectivity index (χ0v) is 15.9. The summed E-state index contributed by atoms with van der Waals surface area (Å²) in [4.78, 5) is 20.9. The van der Waals surface area contributed by atoms with Gasteiger partial charge in [-0.05, 0) is 29.0 Å². The van der Waals surface area contributed by atoms with Gasteiger partial charge in [-0.25, -0.2) is 9.97 Å². The Hall–Kier alpha value is -3.84. The summed E-state index contributed by atoms with van der Waals surface area (Å²) >= 11 is 6.17. The zero-order valence-electron chi connectivity index (χ0n) is 15.2. The van der Waals surface area contributed by atoms with E-state index in [4.69, 9.17) is 17.3 Å². The van der Waals surface area contributed by atoms with Crippen LogP contribution < -0.4 is 21.9 Å². The number of nitrogen functional groups attached to an aromatic ring is 1. The van der Waals surface area contributed by atoms with E-state index in [1.54, 1.807) is 18.2 Å². The summed E-state index contributed by atoms with van der Waals surface area (Å²) in [5, 5.41) is 5.43. The smallest absolute Gasteiger partial charge is 0.270 e. The Morgan fingerprint density at radius 2 is 1.62 bits per heavy atom. The molecule has 29 heavy (non-hydrogen) atoms. The molecule has 1 amide bonds. The minimum atomic E-state index is -0.305. The number of hydrogen-bond acceptors (Lipinski definition) is 6. The van der Waals surface area contributed by atoms with Crippen LogP contribution in [0.4, 0.5) is 23.0 Å². The number of nitrogens with one attached hydrogen (secondary N) is 3. The minimum Gasteiger partial charge on any atom is -0.393 e. The van der Waals surface area contributed by atoms with Crippen LogP contribution in [0.5, 0.6) is 0 Å². The first kappa shape index (κ1) is 18.5. The Morgan fingerprint density at radius 1 is 0.897 bits per heavy atom. The van der Waals surface area contributed by atoms with Gasteiger partial charge in [-0.15, -0.1) is 0 Å². The maximum atomic E-state index is 12.7. The van der Waals surface area contributed by atoms with Crippen LogP contribution in [0.25, 0.3) is 10.8 Å². The fourth-order valence-corrected chi connectivity index (χ4v) is 3.07. The molecular formula is C21H17ClN6O. The van der Waals surface area contributed by atoms with Crippen LogP contribution >= 0.6 is 11.6 Å². The molecule has 0 atom stereocenters. The number of aromatic nitrogens is 2. The first-order valence-corrected chi connectivity index (χ1v) is 9.17. The Kier molecular flexibility index (Phi) is 5.13. The van der Waals surface area contributed by atoms with Crippen molar-refractivity contribution in [2.75, 3.05) is 16.5 Å². The van der Waals surface area contributed by atoms with Crippen molar-refractivity contribution < 1.29 is 4.79 Å². The van der Waals surface area contributed by atoms with E-state index < -0.39 is 0 Å². The van der Waals surface area contributed by atoms with Crippen LogP contribution in [0, 0.1) is 0 Å². The van der Waals surface area contributed by atoms with Gasteiger partial charge in [0.25, 0.3) is 5.91 Å². The highest BCUT2D eigenvalue weighted by molar-refractivity contribution is 6.33. The molecule has 1 aromatic heterocycles. The van der Waals surface area contributed by atoms with E-state index in [-0.39, 0.29) is 17.4 Å². The molecule has 0 radical (unpaired) electrons. The molecule has 7 nitrogen and oxygen atoms in total. The minimum absolute atomic E-state index is 0.241. The third kappa shape index (κ3) is 3.90. The number of anilines is 4. The Balaban J connectivity index is 1.53. The maximum absolute atomic E-state index is 12.7. The quantitative estimate of drug-likeness (QED) is 0.368. The molecule has 0 saturated heterocycles. The van der Waals surface area contributed by atoms with E-state index >= 15 is 0 Å². The Labute approximate surface area is 171 Å². The lowest BCUT2D eigenvalue weighted by atomic mass is 10.0. The monoisotopic (exact) mass is 404 g/mol. The lowest BCUT2D eigenvalue weighted by Gasteiger charge is -2.14. The SMILES string of the molecule is Nc1c(NNC(=O)c2cccc3ccccc23)ncnc1Nc1ccccc1Cl. The zero-order chi connectivity index (χ0) is 20.2. The highest BCUT2D eigenvalue weighted by Gasteiger charge is 2.13. The van der Waals surface area contributed by atoms with E-state index in [0.717, 1.165) is 10.8 Å². The molecule has 3 aromatic carbocycles. The van der Waals surface area contributed by atoms with Crippen LogP contribution in [-0.2, 0) is 0 Å². The van der Waals surface area contributed by atoms with Crippen LogP contribution in [0.3, 0.4) is 0 Å². The summed E-state index contributed by atoms with van der Waals surface area (Å²) in [5.74, 6) is 0.332. The van der Waals surface area contributed by atoms with Crippen molar-refractivity contribution in [3.05, 3.63) is 83.6 Å². The van der Waals surface area contributed by atoms with Crippen molar-refractivity contribution in [3.8, 4) is 0 Å². The second-order valence-electron chi connectivity index (χ2n) is 6.20. The summed E-state index contributed by atoms with van der Waals surface area (Å²) in [6, 6.07) is 20.4. The molecule has 144 valence electrons. The van der Waals surface area contributed by atoms with Crippen molar-refractivity contribution in [2.45, 2.75) is 0 Å². The Bertz CT molecular complexity index is 1190. The number of hydrogen-bond donors (Lipinski definition) is 4. The topological polar surface area (TPSA) is 105 Å². The normalized spacial score (nSPS) is 10.5. The predicted molar refractivity (Wildman–Crippen MR) is 116 cm³/mol. The number of carbonyl (C=O) groups excluding carboxylic acids is 1. The molecule has 0 saturated carbocycles. The molecule has 0 bridgehead atoms. The second-order valence-corrected chi connectivity index (χ2v) is 6.60.